The van der Waals surface area contributed by atoms with Crippen molar-refractivity contribution in [1.29, 1.82) is 0 Å². The highest BCUT2D eigenvalue weighted by molar-refractivity contribution is 6.53. The zero-order valence-electron chi connectivity index (χ0n) is 20.7. The van der Waals surface area contributed by atoms with Crippen molar-refractivity contribution < 1.29 is 28.6 Å². The monoisotopic (exact) mass is 520 g/mol. The quantitative estimate of drug-likeness (QED) is 0.239. The Morgan fingerprint density at radius 1 is 0.892 bits per heavy atom. The number of esters is 1. The Labute approximate surface area is 219 Å². The third kappa shape index (κ3) is 5.29. The van der Waals surface area contributed by atoms with Crippen molar-refractivity contribution in [1.82, 2.24) is 0 Å². The third-order valence-electron chi connectivity index (χ3n) is 5.78. The minimum absolute atomic E-state index is 0.0997. The Balaban J connectivity index is 1.50. The number of anilines is 2. The van der Waals surface area contributed by atoms with E-state index < -0.39 is 17.8 Å². The molecule has 1 aliphatic rings. The molecule has 9 heteroatoms. The van der Waals surface area contributed by atoms with Gasteiger partial charge in [-0.3, -0.25) is 9.59 Å². The number of hydrogen-bond acceptors (Lipinski definition) is 7. The second-order valence-corrected chi connectivity index (χ2v) is 8.87. The highest BCUT2D eigenvalue weighted by atomic mass is 35.5. The van der Waals surface area contributed by atoms with E-state index in [1.54, 1.807) is 42.5 Å². The summed E-state index contributed by atoms with van der Waals surface area (Å²) in [6.07, 6.45) is 0. The maximum absolute atomic E-state index is 13.2. The number of benzene rings is 3. The molecule has 37 heavy (non-hydrogen) atoms. The first kappa shape index (κ1) is 25.8. The van der Waals surface area contributed by atoms with E-state index in [4.69, 9.17) is 25.8 Å². The van der Waals surface area contributed by atoms with Gasteiger partial charge in [-0.2, -0.15) is 0 Å². The first-order valence-corrected chi connectivity index (χ1v) is 11.8. The maximum atomic E-state index is 13.2. The maximum Gasteiger partial charge on any atom is 0.343 e. The van der Waals surface area contributed by atoms with Crippen LogP contribution in [0, 0.1) is 0 Å². The molecule has 0 spiro atoms. The number of nitrogens with zero attached hydrogens (tertiary/aromatic N) is 1. The Hall–Kier alpha value is -4.30. The molecule has 0 saturated heterocycles. The molecule has 2 amide bonds. The van der Waals surface area contributed by atoms with E-state index >= 15 is 0 Å². The molecule has 8 nitrogen and oxygen atoms in total. The zero-order chi connectivity index (χ0) is 26.7. The molecular weight excluding hydrogens is 496 g/mol. The fourth-order valence-corrected chi connectivity index (χ4v) is 3.95. The molecule has 190 valence electrons. The molecule has 3 aromatic carbocycles. The summed E-state index contributed by atoms with van der Waals surface area (Å²) in [7, 11) is 2.90. The molecule has 0 atom stereocenters. The van der Waals surface area contributed by atoms with E-state index in [-0.39, 0.29) is 16.4 Å². The van der Waals surface area contributed by atoms with Crippen LogP contribution in [0.25, 0.3) is 0 Å². The van der Waals surface area contributed by atoms with Crippen molar-refractivity contribution in [2.24, 2.45) is 0 Å². The van der Waals surface area contributed by atoms with Gasteiger partial charge in [0, 0.05) is 11.8 Å². The molecule has 0 radical (unpaired) electrons. The number of carbonyl (C=O) groups excluding carboxylic acids is 3. The lowest BCUT2D eigenvalue weighted by atomic mass is 10.0. The number of ether oxygens (including phenoxy) is 3. The average molecular weight is 521 g/mol. The number of methoxy groups -OCH3 is 2. The van der Waals surface area contributed by atoms with Crippen LogP contribution < -0.4 is 24.4 Å². The summed E-state index contributed by atoms with van der Waals surface area (Å²) in [5.74, 6) is -0.384. The number of carbonyl (C=O) groups is 3. The number of rotatable bonds is 8. The van der Waals surface area contributed by atoms with Crippen LogP contribution in [0.15, 0.2) is 77.5 Å². The number of amides is 2. The van der Waals surface area contributed by atoms with Crippen LogP contribution in [-0.2, 0) is 9.59 Å². The smallest absolute Gasteiger partial charge is 0.343 e. The fraction of sp³-hybridized carbons (Fsp3) is 0.179. The van der Waals surface area contributed by atoms with E-state index in [9.17, 15) is 14.4 Å². The Morgan fingerprint density at radius 3 is 2.27 bits per heavy atom. The highest BCUT2D eigenvalue weighted by Gasteiger charge is 2.40. The van der Waals surface area contributed by atoms with Gasteiger partial charge in [0.15, 0.2) is 0 Å². The van der Waals surface area contributed by atoms with Crippen molar-refractivity contribution in [3.8, 4) is 17.2 Å². The van der Waals surface area contributed by atoms with Crippen LogP contribution in [0.5, 0.6) is 17.2 Å². The molecule has 1 aliphatic heterocycles. The van der Waals surface area contributed by atoms with Crippen LogP contribution in [0.4, 0.5) is 11.4 Å². The van der Waals surface area contributed by atoms with Crippen LogP contribution >= 0.6 is 11.6 Å². The Morgan fingerprint density at radius 2 is 1.62 bits per heavy atom. The van der Waals surface area contributed by atoms with Crippen molar-refractivity contribution >= 4 is 40.8 Å². The number of imide groups is 1. The van der Waals surface area contributed by atoms with Crippen LogP contribution in [0.1, 0.15) is 35.7 Å². The van der Waals surface area contributed by atoms with E-state index in [0.717, 1.165) is 10.5 Å². The largest absolute Gasteiger partial charge is 0.497 e. The van der Waals surface area contributed by atoms with E-state index in [1.165, 1.54) is 20.3 Å². The van der Waals surface area contributed by atoms with E-state index in [2.05, 4.69) is 19.2 Å². The van der Waals surface area contributed by atoms with Crippen molar-refractivity contribution in [2.75, 3.05) is 24.4 Å². The molecule has 0 saturated carbocycles. The molecule has 0 fully saturated rings. The lowest BCUT2D eigenvalue weighted by molar-refractivity contribution is -0.120. The third-order valence-corrected chi connectivity index (χ3v) is 6.13. The van der Waals surface area contributed by atoms with Crippen molar-refractivity contribution in [3.63, 3.8) is 0 Å². The summed E-state index contributed by atoms with van der Waals surface area (Å²) in [5, 5.41) is 2.61. The molecular formula is C28H25ClN2O6. The fourth-order valence-electron chi connectivity index (χ4n) is 3.74. The molecule has 1 heterocycles. The normalized spacial score (nSPS) is 13.3. The molecule has 1 N–H and O–H groups in total. The second-order valence-electron chi connectivity index (χ2n) is 8.49. The van der Waals surface area contributed by atoms with Crippen LogP contribution in [0.3, 0.4) is 0 Å². The number of halogens is 1. The molecule has 3 aromatic rings. The van der Waals surface area contributed by atoms with Gasteiger partial charge in [0.2, 0.25) is 0 Å². The highest BCUT2D eigenvalue weighted by Crippen LogP contribution is 2.38. The summed E-state index contributed by atoms with van der Waals surface area (Å²) in [6.45, 7) is 4.12. The van der Waals surface area contributed by atoms with Gasteiger partial charge in [0.05, 0.1) is 25.5 Å². The zero-order valence-corrected chi connectivity index (χ0v) is 21.5. The topological polar surface area (TPSA) is 94.2 Å². The molecule has 4 rings (SSSR count). The number of nitrogens with one attached hydrogen (secondary N) is 1. The van der Waals surface area contributed by atoms with Crippen LogP contribution in [-0.4, -0.2) is 32.0 Å². The molecule has 0 bridgehead atoms. The lowest BCUT2D eigenvalue weighted by Crippen LogP contribution is -2.32. The van der Waals surface area contributed by atoms with Crippen molar-refractivity contribution in [2.45, 2.75) is 19.8 Å². The van der Waals surface area contributed by atoms with Crippen molar-refractivity contribution in [3.05, 3.63) is 88.6 Å². The summed E-state index contributed by atoms with van der Waals surface area (Å²) < 4.78 is 16.0. The first-order chi connectivity index (χ1) is 17.7. The van der Waals surface area contributed by atoms with Gasteiger partial charge in [-0.25, -0.2) is 9.69 Å². The predicted molar refractivity (Wildman–Crippen MR) is 140 cm³/mol. The Kier molecular flexibility index (Phi) is 7.50. The molecule has 0 aromatic heterocycles. The molecule has 0 unspecified atom stereocenters. The van der Waals surface area contributed by atoms with Gasteiger partial charge >= 0.3 is 5.97 Å². The van der Waals surface area contributed by atoms with Gasteiger partial charge in [-0.05, 0) is 60.0 Å². The lowest BCUT2D eigenvalue weighted by Gasteiger charge is -2.19. The van der Waals surface area contributed by atoms with Gasteiger partial charge in [-0.1, -0.05) is 37.6 Å². The summed E-state index contributed by atoms with van der Waals surface area (Å²) >= 11 is 6.25. The summed E-state index contributed by atoms with van der Waals surface area (Å²) in [4.78, 5) is 39.6. The molecule has 0 aliphatic carbocycles. The minimum atomic E-state index is -0.704. The van der Waals surface area contributed by atoms with E-state index in [0.29, 0.717) is 34.4 Å². The SMILES string of the molecule is COc1ccc(OC)c(N2C(=O)C(Cl)=C(Nc3ccc(C(=O)Oc4cccc(C(C)C)c4)cc3)C2=O)c1. The van der Waals surface area contributed by atoms with Gasteiger partial charge in [-0.15, -0.1) is 0 Å². The average Bonchev–Trinajstić information content (AvgIpc) is 3.11. The van der Waals surface area contributed by atoms with Crippen LogP contribution in [0.2, 0.25) is 0 Å². The second kappa shape index (κ2) is 10.8. The number of hydrogen-bond donors (Lipinski definition) is 1. The van der Waals surface area contributed by atoms with Gasteiger partial charge in [0.25, 0.3) is 11.8 Å². The summed E-state index contributed by atoms with van der Waals surface area (Å²) in [6, 6.07) is 18.4. The Bertz CT molecular complexity index is 1400. The standard InChI is InChI=1S/C28H25ClN2O6/c1-16(2)18-6-5-7-21(14-18)37-28(34)17-8-10-19(11-9-17)30-25-24(29)26(32)31(27(25)33)22-15-20(35-3)12-13-23(22)36-4/h5-16,30H,1-4H3. The van der Waals surface area contributed by atoms with E-state index in [1.807, 2.05) is 18.2 Å². The van der Waals surface area contributed by atoms with Gasteiger partial charge < -0.3 is 19.5 Å². The summed E-state index contributed by atoms with van der Waals surface area (Å²) in [5.41, 5.74) is 1.93. The predicted octanol–water partition coefficient (Wildman–Crippen LogP) is 5.48. The minimum Gasteiger partial charge on any atom is -0.497 e. The first-order valence-electron chi connectivity index (χ1n) is 11.4. The van der Waals surface area contributed by atoms with Gasteiger partial charge in [0.1, 0.15) is 28.0 Å².